The zero-order chi connectivity index (χ0) is 22.9. The van der Waals surface area contributed by atoms with Gasteiger partial charge in [-0.25, -0.2) is 0 Å². The van der Waals surface area contributed by atoms with Gasteiger partial charge in [-0.15, -0.1) is 24.0 Å². The van der Waals surface area contributed by atoms with Gasteiger partial charge in [0.2, 0.25) is 0 Å². The molecule has 1 unspecified atom stereocenters. The number of carbonyl (C=O) groups excluding carboxylic acids is 1. The summed E-state index contributed by atoms with van der Waals surface area (Å²) in [6, 6.07) is 16.2. The van der Waals surface area contributed by atoms with Crippen LogP contribution in [0.4, 0.5) is 0 Å². The largest absolute Gasteiger partial charge is 0.497 e. The van der Waals surface area contributed by atoms with E-state index in [1.807, 2.05) is 30.3 Å². The van der Waals surface area contributed by atoms with E-state index in [4.69, 9.17) is 4.74 Å². The fourth-order valence-corrected chi connectivity index (χ4v) is 3.98. The lowest BCUT2D eigenvalue weighted by Crippen LogP contribution is -2.42. The Balaban J connectivity index is 0.00000385. The molecule has 1 amide bonds. The number of benzene rings is 2. The summed E-state index contributed by atoms with van der Waals surface area (Å²) in [5, 5.41) is 6.87. The molecule has 1 fully saturated rings. The van der Waals surface area contributed by atoms with Gasteiger partial charge < -0.3 is 20.3 Å². The van der Waals surface area contributed by atoms with Crippen molar-refractivity contribution in [1.29, 1.82) is 0 Å². The molecular formula is C25H36IN5O2. The monoisotopic (exact) mass is 565 g/mol. The molecule has 0 spiro atoms. The van der Waals surface area contributed by atoms with Gasteiger partial charge in [-0.2, -0.15) is 0 Å². The summed E-state index contributed by atoms with van der Waals surface area (Å²) in [4.78, 5) is 20.5. The molecule has 1 aliphatic rings. The average molecular weight is 566 g/mol. The van der Waals surface area contributed by atoms with Gasteiger partial charge in [-0.3, -0.25) is 14.7 Å². The molecule has 0 radical (unpaired) electrons. The lowest BCUT2D eigenvalue weighted by Gasteiger charge is -2.29. The number of halogens is 1. The lowest BCUT2D eigenvalue weighted by atomic mass is 10.1. The maximum Gasteiger partial charge on any atom is 0.253 e. The third kappa shape index (κ3) is 7.60. The van der Waals surface area contributed by atoms with E-state index in [-0.39, 0.29) is 35.9 Å². The molecule has 0 saturated carbocycles. The van der Waals surface area contributed by atoms with Gasteiger partial charge in [-0.05, 0) is 61.3 Å². The van der Waals surface area contributed by atoms with Crippen LogP contribution < -0.4 is 15.4 Å². The van der Waals surface area contributed by atoms with E-state index >= 15 is 0 Å². The van der Waals surface area contributed by atoms with Crippen LogP contribution in [0.1, 0.15) is 40.4 Å². The number of carbonyl (C=O) groups is 1. The van der Waals surface area contributed by atoms with Crippen molar-refractivity contribution in [1.82, 2.24) is 20.4 Å². The third-order valence-electron chi connectivity index (χ3n) is 5.81. The summed E-state index contributed by atoms with van der Waals surface area (Å²) in [6.45, 7) is 3.59. The Hall–Kier alpha value is -2.33. The van der Waals surface area contributed by atoms with Crippen LogP contribution in [0.2, 0.25) is 0 Å². The Kier molecular flexibility index (Phi) is 10.9. The average Bonchev–Trinajstić information content (AvgIpc) is 3.35. The molecule has 0 bridgehead atoms. The van der Waals surface area contributed by atoms with Gasteiger partial charge in [0.1, 0.15) is 5.75 Å². The molecule has 3 rings (SSSR count). The second-order valence-electron chi connectivity index (χ2n) is 8.24. The molecule has 8 heteroatoms. The first-order valence-corrected chi connectivity index (χ1v) is 11.1. The first kappa shape index (κ1) is 26.9. The number of ether oxygens (including phenoxy) is 1. The van der Waals surface area contributed by atoms with Gasteiger partial charge in [0.25, 0.3) is 5.91 Å². The van der Waals surface area contributed by atoms with Crippen LogP contribution in [-0.2, 0) is 6.54 Å². The smallest absolute Gasteiger partial charge is 0.253 e. The molecular weight excluding hydrogens is 529 g/mol. The predicted octanol–water partition coefficient (Wildman–Crippen LogP) is 3.52. The highest BCUT2D eigenvalue weighted by molar-refractivity contribution is 14.0. The van der Waals surface area contributed by atoms with Gasteiger partial charge in [0.05, 0.1) is 13.2 Å². The zero-order valence-corrected chi connectivity index (χ0v) is 22.3. The Bertz CT molecular complexity index is 911. The molecule has 1 saturated heterocycles. The molecule has 180 valence electrons. The molecule has 1 heterocycles. The van der Waals surface area contributed by atoms with E-state index in [0.29, 0.717) is 12.1 Å². The number of hydrogen-bond acceptors (Lipinski definition) is 4. The standard InChI is InChI=1S/C25H35N5O2.HI/c1-26-25(27-17-19-10-12-20(13-11-19)24(31)29(2)3)28-18-23(30-14-5-6-15-30)21-8-7-9-22(16-21)32-4;/h7-13,16,23H,5-6,14-15,17-18H2,1-4H3,(H2,26,27,28);1H. The van der Waals surface area contributed by atoms with E-state index in [9.17, 15) is 4.79 Å². The van der Waals surface area contributed by atoms with Crippen molar-refractivity contribution in [3.63, 3.8) is 0 Å². The van der Waals surface area contributed by atoms with Gasteiger partial charge >= 0.3 is 0 Å². The minimum Gasteiger partial charge on any atom is -0.497 e. The second kappa shape index (κ2) is 13.4. The Morgan fingerprint density at radius 3 is 2.42 bits per heavy atom. The number of aliphatic imine (C=N–C) groups is 1. The first-order valence-electron chi connectivity index (χ1n) is 11.1. The topological polar surface area (TPSA) is 69.2 Å². The van der Waals surface area contributed by atoms with Crippen molar-refractivity contribution in [2.24, 2.45) is 4.99 Å². The molecule has 2 N–H and O–H groups in total. The van der Waals surface area contributed by atoms with E-state index in [0.717, 1.165) is 36.9 Å². The quantitative estimate of drug-likeness (QED) is 0.292. The number of nitrogens with zero attached hydrogens (tertiary/aromatic N) is 3. The Labute approximate surface area is 214 Å². The number of methoxy groups -OCH3 is 1. The summed E-state index contributed by atoms with van der Waals surface area (Å²) in [5.74, 6) is 1.64. The van der Waals surface area contributed by atoms with Crippen molar-refractivity contribution in [3.8, 4) is 5.75 Å². The minimum absolute atomic E-state index is 0. The minimum atomic E-state index is 0. The highest BCUT2D eigenvalue weighted by atomic mass is 127. The third-order valence-corrected chi connectivity index (χ3v) is 5.81. The molecule has 0 aliphatic carbocycles. The van der Waals surface area contributed by atoms with E-state index in [2.05, 4.69) is 38.7 Å². The highest BCUT2D eigenvalue weighted by Crippen LogP contribution is 2.27. The van der Waals surface area contributed by atoms with Gasteiger partial charge in [0, 0.05) is 39.8 Å². The molecule has 7 nitrogen and oxygen atoms in total. The van der Waals surface area contributed by atoms with E-state index in [1.54, 1.807) is 33.2 Å². The molecule has 0 aromatic heterocycles. The summed E-state index contributed by atoms with van der Waals surface area (Å²) in [6.07, 6.45) is 2.47. The summed E-state index contributed by atoms with van der Waals surface area (Å²) in [5.41, 5.74) is 3.02. The Morgan fingerprint density at radius 2 is 1.82 bits per heavy atom. The maximum absolute atomic E-state index is 12.1. The first-order chi connectivity index (χ1) is 15.5. The number of likely N-dealkylation sites (tertiary alicyclic amines) is 1. The number of hydrogen-bond donors (Lipinski definition) is 2. The van der Waals surface area contributed by atoms with Crippen molar-refractivity contribution in [2.45, 2.75) is 25.4 Å². The van der Waals surface area contributed by atoms with Crippen LogP contribution in [0.15, 0.2) is 53.5 Å². The number of amides is 1. The van der Waals surface area contributed by atoms with Gasteiger partial charge in [-0.1, -0.05) is 24.3 Å². The van der Waals surface area contributed by atoms with E-state index < -0.39 is 0 Å². The fourth-order valence-electron chi connectivity index (χ4n) is 3.98. The molecule has 1 aliphatic heterocycles. The van der Waals surface area contributed by atoms with Crippen LogP contribution in [0.5, 0.6) is 5.75 Å². The van der Waals surface area contributed by atoms with Crippen LogP contribution in [0.3, 0.4) is 0 Å². The Morgan fingerprint density at radius 1 is 1.12 bits per heavy atom. The van der Waals surface area contributed by atoms with Crippen LogP contribution in [0.25, 0.3) is 0 Å². The highest BCUT2D eigenvalue weighted by Gasteiger charge is 2.24. The molecule has 33 heavy (non-hydrogen) atoms. The predicted molar refractivity (Wildman–Crippen MR) is 145 cm³/mol. The van der Waals surface area contributed by atoms with E-state index in [1.165, 1.54) is 18.4 Å². The van der Waals surface area contributed by atoms with Crippen molar-refractivity contribution < 1.29 is 9.53 Å². The molecule has 2 aromatic carbocycles. The van der Waals surface area contributed by atoms with Crippen LogP contribution in [0, 0.1) is 0 Å². The normalized spacial score (nSPS) is 14.8. The summed E-state index contributed by atoms with van der Waals surface area (Å²) >= 11 is 0. The van der Waals surface area contributed by atoms with Crippen LogP contribution >= 0.6 is 24.0 Å². The number of nitrogens with one attached hydrogen (secondary N) is 2. The molecule has 1 atom stereocenters. The van der Waals surface area contributed by atoms with Gasteiger partial charge in [0.15, 0.2) is 5.96 Å². The summed E-state index contributed by atoms with van der Waals surface area (Å²) in [7, 11) is 7.00. The second-order valence-corrected chi connectivity index (χ2v) is 8.24. The van der Waals surface area contributed by atoms with Crippen molar-refractivity contribution in [2.75, 3.05) is 47.9 Å². The molecule has 2 aromatic rings. The summed E-state index contributed by atoms with van der Waals surface area (Å²) < 4.78 is 5.44. The SMILES string of the molecule is CN=C(NCc1ccc(C(=O)N(C)C)cc1)NCC(c1cccc(OC)c1)N1CCCC1.I. The lowest BCUT2D eigenvalue weighted by molar-refractivity contribution is 0.0827. The zero-order valence-electron chi connectivity index (χ0n) is 20.0. The fraction of sp³-hybridized carbons (Fsp3) is 0.440. The van der Waals surface area contributed by atoms with Crippen LogP contribution in [-0.4, -0.2) is 69.6 Å². The van der Waals surface area contributed by atoms with Crippen molar-refractivity contribution >= 4 is 35.8 Å². The number of rotatable bonds is 8. The number of guanidine groups is 1. The van der Waals surface area contributed by atoms with Crippen molar-refractivity contribution in [3.05, 3.63) is 65.2 Å². The maximum atomic E-state index is 12.1.